The van der Waals surface area contributed by atoms with Crippen molar-refractivity contribution in [3.8, 4) is 0 Å². The van der Waals surface area contributed by atoms with Crippen molar-refractivity contribution in [2.24, 2.45) is 0 Å². The second kappa shape index (κ2) is 4.21. The van der Waals surface area contributed by atoms with E-state index >= 15 is 0 Å². The van der Waals surface area contributed by atoms with Crippen molar-refractivity contribution in [2.45, 2.75) is 44.8 Å². The summed E-state index contributed by atoms with van der Waals surface area (Å²) in [5.74, 6) is 0. The molecule has 0 atom stereocenters. The maximum atomic E-state index is 2.28. The molecular weight excluding hydrogens is 128 g/mol. The van der Waals surface area contributed by atoms with E-state index in [-0.39, 0.29) is 0 Å². The van der Waals surface area contributed by atoms with Crippen LogP contribution in [0.4, 0.5) is 0 Å². The third-order valence-electron chi connectivity index (χ3n) is 2.37. The Morgan fingerprint density at radius 3 is 1.33 bits per heavy atom. The molecule has 0 unspecified atom stereocenters. The molecule has 0 amide bonds. The summed E-state index contributed by atoms with van der Waals surface area (Å²) in [6, 6.07) is 0. The average Bonchev–Trinajstić information content (AvgIpc) is 1.95. The van der Waals surface area contributed by atoms with E-state index in [0.29, 0.717) is 4.75 Å². The summed E-state index contributed by atoms with van der Waals surface area (Å²) in [5, 5.41) is 0. The lowest BCUT2D eigenvalue weighted by Crippen LogP contribution is -2.20. The molecule has 0 aliphatic rings. The Balaban J connectivity index is 3.82. The van der Waals surface area contributed by atoms with Gasteiger partial charge in [0.1, 0.15) is 0 Å². The molecule has 0 aliphatic heterocycles. The van der Waals surface area contributed by atoms with Crippen molar-refractivity contribution in [1.29, 1.82) is 0 Å². The molecule has 0 aromatic rings. The molecule has 0 spiro atoms. The van der Waals surface area contributed by atoms with Gasteiger partial charge in [-0.2, -0.15) is 11.8 Å². The van der Waals surface area contributed by atoms with E-state index in [1.165, 1.54) is 19.3 Å². The van der Waals surface area contributed by atoms with E-state index < -0.39 is 0 Å². The molecule has 1 heteroatoms. The Morgan fingerprint density at radius 1 is 1.00 bits per heavy atom. The van der Waals surface area contributed by atoms with Crippen LogP contribution in [0.5, 0.6) is 0 Å². The fourth-order valence-corrected chi connectivity index (χ4v) is 2.05. The van der Waals surface area contributed by atoms with Crippen LogP contribution in [-0.2, 0) is 0 Å². The zero-order valence-electron chi connectivity index (χ0n) is 7.03. The van der Waals surface area contributed by atoms with Crippen molar-refractivity contribution >= 4 is 11.8 Å². The van der Waals surface area contributed by atoms with Crippen LogP contribution >= 0.6 is 11.8 Å². The SMILES string of the molecule is CCC(CC)(CC)SC. The third-order valence-corrected chi connectivity index (χ3v) is 4.10. The van der Waals surface area contributed by atoms with Gasteiger partial charge in [-0.25, -0.2) is 0 Å². The molecule has 0 bridgehead atoms. The minimum Gasteiger partial charge on any atom is -0.159 e. The van der Waals surface area contributed by atoms with Crippen molar-refractivity contribution < 1.29 is 0 Å². The Kier molecular flexibility index (Phi) is 4.37. The van der Waals surface area contributed by atoms with Gasteiger partial charge in [-0.05, 0) is 25.5 Å². The predicted octanol–water partition coefficient (Wildman–Crippen LogP) is 3.32. The van der Waals surface area contributed by atoms with E-state index in [1.54, 1.807) is 0 Å². The summed E-state index contributed by atoms with van der Waals surface area (Å²) in [7, 11) is 0. The molecule has 0 aliphatic carbocycles. The molecule has 0 N–H and O–H groups in total. The molecule has 0 fully saturated rings. The van der Waals surface area contributed by atoms with E-state index in [4.69, 9.17) is 0 Å². The first kappa shape index (κ1) is 9.35. The van der Waals surface area contributed by atoms with Crippen LogP contribution < -0.4 is 0 Å². The van der Waals surface area contributed by atoms with Gasteiger partial charge < -0.3 is 0 Å². The van der Waals surface area contributed by atoms with Crippen LogP contribution in [0.15, 0.2) is 0 Å². The van der Waals surface area contributed by atoms with Crippen molar-refractivity contribution in [3.63, 3.8) is 0 Å². The highest BCUT2D eigenvalue weighted by molar-refractivity contribution is 8.00. The Labute approximate surface area is 63.4 Å². The Morgan fingerprint density at radius 2 is 1.33 bits per heavy atom. The standard InChI is InChI=1S/C8H18S/c1-5-8(6-2,7-3)9-4/h5-7H2,1-4H3. The molecule has 0 saturated carbocycles. The molecular formula is C8H18S. The van der Waals surface area contributed by atoms with Crippen LogP contribution in [0.2, 0.25) is 0 Å². The van der Waals surface area contributed by atoms with Crippen LogP contribution in [0.25, 0.3) is 0 Å². The summed E-state index contributed by atoms with van der Waals surface area (Å²) in [6.07, 6.45) is 6.14. The van der Waals surface area contributed by atoms with Gasteiger partial charge in [0, 0.05) is 4.75 Å². The summed E-state index contributed by atoms with van der Waals surface area (Å²) in [6.45, 7) is 6.84. The quantitative estimate of drug-likeness (QED) is 0.586. The van der Waals surface area contributed by atoms with Crippen LogP contribution in [0.1, 0.15) is 40.0 Å². The number of rotatable bonds is 4. The summed E-state index contributed by atoms with van der Waals surface area (Å²) in [4.78, 5) is 0. The fourth-order valence-electron chi connectivity index (χ4n) is 1.18. The zero-order chi connectivity index (χ0) is 7.33. The summed E-state index contributed by atoms with van der Waals surface area (Å²) < 4.78 is 0.583. The van der Waals surface area contributed by atoms with Crippen LogP contribution in [-0.4, -0.2) is 11.0 Å². The van der Waals surface area contributed by atoms with E-state index in [9.17, 15) is 0 Å². The van der Waals surface area contributed by atoms with Gasteiger partial charge in [-0.3, -0.25) is 0 Å². The largest absolute Gasteiger partial charge is 0.159 e. The van der Waals surface area contributed by atoms with E-state index in [1.807, 2.05) is 11.8 Å². The normalized spacial score (nSPS) is 12.0. The molecule has 0 heterocycles. The second-order valence-electron chi connectivity index (χ2n) is 2.45. The first-order valence-electron chi connectivity index (χ1n) is 3.79. The maximum absolute atomic E-state index is 2.28. The third kappa shape index (κ3) is 2.21. The monoisotopic (exact) mass is 146 g/mol. The van der Waals surface area contributed by atoms with Gasteiger partial charge in [-0.1, -0.05) is 20.8 Å². The zero-order valence-corrected chi connectivity index (χ0v) is 7.85. The smallest absolute Gasteiger partial charge is 0.0149 e. The Hall–Kier alpha value is 0.350. The first-order chi connectivity index (χ1) is 4.24. The highest BCUT2D eigenvalue weighted by atomic mass is 32.2. The molecule has 56 valence electrons. The van der Waals surface area contributed by atoms with Gasteiger partial charge in [0.25, 0.3) is 0 Å². The molecule has 0 aromatic carbocycles. The van der Waals surface area contributed by atoms with Crippen molar-refractivity contribution in [1.82, 2.24) is 0 Å². The van der Waals surface area contributed by atoms with Crippen LogP contribution in [0.3, 0.4) is 0 Å². The lowest BCUT2D eigenvalue weighted by molar-refractivity contribution is 0.532. The van der Waals surface area contributed by atoms with Crippen molar-refractivity contribution in [2.75, 3.05) is 6.26 Å². The minimum atomic E-state index is 0.583. The average molecular weight is 146 g/mol. The predicted molar refractivity (Wildman–Crippen MR) is 47.1 cm³/mol. The topological polar surface area (TPSA) is 0 Å². The van der Waals surface area contributed by atoms with Gasteiger partial charge >= 0.3 is 0 Å². The molecule has 9 heavy (non-hydrogen) atoms. The number of hydrogen-bond acceptors (Lipinski definition) is 1. The molecule has 0 saturated heterocycles. The van der Waals surface area contributed by atoms with Gasteiger partial charge in [0.15, 0.2) is 0 Å². The summed E-state index contributed by atoms with van der Waals surface area (Å²) in [5.41, 5.74) is 0. The minimum absolute atomic E-state index is 0.583. The molecule has 0 nitrogen and oxygen atoms in total. The lowest BCUT2D eigenvalue weighted by atomic mass is 9.99. The molecule has 0 rings (SSSR count). The molecule has 0 aromatic heterocycles. The summed E-state index contributed by atoms with van der Waals surface area (Å²) >= 11 is 2.02. The number of hydrogen-bond donors (Lipinski definition) is 0. The second-order valence-corrected chi connectivity index (χ2v) is 3.72. The maximum Gasteiger partial charge on any atom is 0.0149 e. The van der Waals surface area contributed by atoms with Crippen molar-refractivity contribution in [3.05, 3.63) is 0 Å². The molecule has 0 radical (unpaired) electrons. The highest BCUT2D eigenvalue weighted by Crippen LogP contribution is 2.33. The van der Waals surface area contributed by atoms with E-state index in [0.717, 1.165) is 0 Å². The van der Waals surface area contributed by atoms with Gasteiger partial charge in [0.2, 0.25) is 0 Å². The number of thioether (sulfide) groups is 1. The van der Waals surface area contributed by atoms with Gasteiger partial charge in [-0.15, -0.1) is 0 Å². The first-order valence-corrected chi connectivity index (χ1v) is 5.02. The van der Waals surface area contributed by atoms with Gasteiger partial charge in [0.05, 0.1) is 0 Å². The Bertz CT molecular complexity index is 47.5. The van der Waals surface area contributed by atoms with Crippen LogP contribution in [0, 0.1) is 0 Å². The highest BCUT2D eigenvalue weighted by Gasteiger charge is 2.21. The fraction of sp³-hybridized carbons (Fsp3) is 1.00. The van der Waals surface area contributed by atoms with E-state index in [2.05, 4.69) is 27.0 Å². The lowest BCUT2D eigenvalue weighted by Gasteiger charge is -2.27.